The smallest absolute Gasteiger partial charge is 0.209 e. The molecule has 7 heteroatoms. The molecule has 0 aliphatic rings. The molecule has 0 fully saturated rings. The average molecular weight is 198 g/mol. The van der Waals surface area contributed by atoms with Crippen molar-refractivity contribution in [2.45, 2.75) is 0 Å². The summed E-state index contributed by atoms with van der Waals surface area (Å²) in [6.45, 7) is 0. The lowest BCUT2D eigenvalue weighted by Crippen LogP contribution is -2.12. The van der Waals surface area contributed by atoms with E-state index in [1.807, 2.05) is 0 Å². The molecule has 0 saturated heterocycles. The third-order valence-electron chi connectivity index (χ3n) is 0.348. The lowest BCUT2D eigenvalue weighted by Gasteiger charge is -1.98. The highest BCUT2D eigenvalue weighted by Crippen LogP contribution is 2.09. The normalized spacial score (nSPS) is 12.5. The standard InChI is InChI=1S/CH2Cl3NO2S/c2-1-8(6,7)5(3)4/h1H2. The predicted molar refractivity (Wildman–Crippen MR) is 33.2 cm³/mol. The van der Waals surface area contributed by atoms with E-state index in [-0.39, 0.29) is 3.34 Å². The summed E-state index contributed by atoms with van der Waals surface area (Å²) in [5.74, 6) is 0. The van der Waals surface area contributed by atoms with E-state index < -0.39 is 15.2 Å². The number of hydrogen-bond donors (Lipinski definition) is 0. The fourth-order valence-corrected chi connectivity index (χ4v) is 0.996. The SMILES string of the molecule is O=S(=O)(CCl)N(Cl)Cl. The fourth-order valence-electron chi connectivity index (χ4n) is 0.0369. The van der Waals surface area contributed by atoms with Crippen LogP contribution in [0.3, 0.4) is 0 Å². The zero-order valence-electron chi connectivity index (χ0n) is 3.51. The molecule has 0 bridgehead atoms. The fraction of sp³-hybridized carbons (Fsp3) is 1.00. The van der Waals surface area contributed by atoms with Gasteiger partial charge in [-0.25, -0.2) is 8.42 Å². The van der Waals surface area contributed by atoms with Crippen LogP contribution in [0.15, 0.2) is 0 Å². The molecule has 0 N–H and O–H groups in total. The summed E-state index contributed by atoms with van der Waals surface area (Å²) in [6.07, 6.45) is 0. The van der Waals surface area contributed by atoms with Crippen molar-refractivity contribution in [2.24, 2.45) is 0 Å². The molecular weight excluding hydrogens is 196 g/mol. The number of sulfonamides is 1. The molecule has 0 aliphatic heterocycles. The largest absolute Gasteiger partial charge is 0.255 e. The van der Waals surface area contributed by atoms with Crippen LogP contribution < -0.4 is 0 Å². The first kappa shape index (κ1) is 8.78. The number of hydrogen-bond acceptors (Lipinski definition) is 2. The Balaban J connectivity index is 4.17. The van der Waals surface area contributed by atoms with Gasteiger partial charge in [-0.2, -0.15) is 0 Å². The Labute approximate surface area is 62.4 Å². The van der Waals surface area contributed by atoms with E-state index in [4.69, 9.17) is 35.2 Å². The van der Waals surface area contributed by atoms with Crippen molar-refractivity contribution in [1.82, 2.24) is 3.34 Å². The van der Waals surface area contributed by atoms with Crippen LogP contribution in [0.25, 0.3) is 0 Å². The van der Waals surface area contributed by atoms with Crippen molar-refractivity contribution < 1.29 is 8.42 Å². The topological polar surface area (TPSA) is 37.4 Å². The van der Waals surface area contributed by atoms with E-state index in [2.05, 4.69) is 0 Å². The van der Waals surface area contributed by atoms with Crippen LogP contribution in [0.4, 0.5) is 0 Å². The quantitative estimate of drug-likeness (QED) is 0.493. The van der Waals surface area contributed by atoms with Crippen LogP contribution in [0.2, 0.25) is 0 Å². The molecule has 0 atom stereocenters. The number of alkyl halides is 1. The number of nitrogens with zero attached hydrogens (tertiary/aromatic N) is 1. The van der Waals surface area contributed by atoms with Crippen LogP contribution >= 0.6 is 35.2 Å². The first-order valence-corrected chi connectivity index (χ1v) is 4.23. The van der Waals surface area contributed by atoms with Gasteiger partial charge in [0.25, 0.3) is 10.0 Å². The van der Waals surface area contributed by atoms with Crippen LogP contribution in [-0.2, 0) is 10.0 Å². The van der Waals surface area contributed by atoms with E-state index in [0.717, 1.165) is 0 Å². The molecule has 0 unspecified atom stereocenters. The van der Waals surface area contributed by atoms with Gasteiger partial charge < -0.3 is 0 Å². The monoisotopic (exact) mass is 197 g/mol. The second-order valence-electron chi connectivity index (χ2n) is 0.893. The third kappa shape index (κ3) is 2.37. The van der Waals surface area contributed by atoms with E-state index in [1.54, 1.807) is 0 Å². The van der Waals surface area contributed by atoms with Gasteiger partial charge in [0.2, 0.25) is 0 Å². The third-order valence-corrected chi connectivity index (χ3v) is 3.13. The van der Waals surface area contributed by atoms with E-state index >= 15 is 0 Å². The van der Waals surface area contributed by atoms with Gasteiger partial charge >= 0.3 is 0 Å². The van der Waals surface area contributed by atoms with Crippen LogP contribution in [0.5, 0.6) is 0 Å². The van der Waals surface area contributed by atoms with Gasteiger partial charge in [-0.3, -0.25) is 0 Å². The highest BCUT2D eigenvalue weighted by molar-refractivity contribution is 7.92. The highest BCUT2D eigenvalue weighted by atomic mass is 35.5. The minimum Gasteiger partial charge on any atom is -0.209 e. The summed E-state index contributed by atoms with van der Waals surface area (Å²) >= 11 is 14.5. The van der Waals surface area contributed by atoms with Gasteiger partial charge in [0, 0.05) is 23.6 Å². The van der Waals surface area contributed by atoms with Crippen LogP contribution in [0, 0.1) is 0 Å². The Kier molecular flexibility index (Phi) is 3.38. The zero-order valence-corrected chi connectivity index (χ0v) is 6.60. The second-order valence-corrected chi connectivity index (χ2v) is 4.54. The Bertz CT molecular complexity index is 151. The molecule has 0 saturated carbocycles. The molecule has 0 spiro atoms. The minimum absolute atomic E-state index is 0.0278. The van der Waals surface area contributed by atoms with E-state index in [0.29, 0.717) is 0 Å². The second kappa shape index (κ2) is 3.08. The average Bonchev–Trinajstić information content (AvgIpc) is 1.67. The summed E-state index contributed by atoms with van der Waals surface area (Å²) < 4.78 is 20.5. The molecule has 50 valence electrons. The van der Waals surface area contributed by atoms with Crippen molar-refractivity contribution in [2.75, 3.05) is 5.21 Å². The Morgan fingerprint density at radius 3 is 1.75 bits per heavy atom. The molecule has 0 aromatic heterocycles. The Hall–Kier alpha value is 0.780. The molecule has 0 aromatic rings. The van der Waals surface area contributed by atoms with Gasteiger partial charge in [-0.15, -0.1) is 11.6 Å². The summed E-state index contributed by atoms with van der Waals surface area (Å²) in [5, 5.41) is -0.611. The lowest BCUT2D eigenvalue weighted by molar-refractivity contribution is 0.584. The van der Waals surface area contributed by atoms with Crippen molar-refractivity contribution in [3.8, 4) is 0 Å². The van der Waals surface area contributed by atoms with Gasteiger partial charge in [0.15, 0.2) is 0 Å². The summed E-state index contributed by atoms with van der Waals surface area (Å²) in [5.41, 5.74) is 0. The first-order valence-electron chi connectivity index (χ1n) is 1.41. The molecule has 0 aromatic carbocycles. The summed E-state index contributed by atoms with van der Waals surface area (Å²) in [6, 6.07) is 0. The summed E-state index contributed by atoms with van der Waals surface area (Å²) in [7, 11) is -3.61. The maximum atomic E-state index is 10.2. The van der Waals surface area contributed by atoms with Gasteiger partial charge in [0.1, 0.15) is 5.21 Å². The van der Waals surface area contributed by atoms with Crippen molar-refractivity contribution in [3.63, 3.8) is 0 Å². The zero-order chi connectivity index (χ0) is 6.78. The first-order chi connectivity index (χ1) is 3.50. The van der Waals surface area contributed by atoms with Gasteiger partial charge in [0.05, 0.1) is 0 Å². The van der Waals surface area contributed by atoms with Crippen molar-refractivity contribution in [1.29, 1.82) is 0 Å². The van der Waals surface area contributed by atoms with Gasteiger partial charge in [-0.1, -0.05) is 0 Å². The molecule has 8 heavy (non-hydrogen) atoms. The molecular formula is CH2Cl3NO2S. The van der Waals surface area contributed by atoms with Crippen LogP contribution in [0.1, 0.15) is 0 Å². The van der Waals surface area contributed by atoms with Crippen molar-refractivity contribution >= 4 is 45.2 Å². The van der Waals surface area contributed by atoms with Crippen LogP contribution in [-0.4, -0.2) is 17.0 Å². The van der Waals surface area contributed by atoms with Gasteiger partial charge in [-0.05, 0) is 3.34 Å². The predicted octanol–water partition coefficient (Wildman–Crippen LogP) is 1.12. The lowest BCUT2D eigenvalue weighted by atomic mass is 11.9. The van der Waals surface area contributed by atoms with E-state index in [1.165, 1.54) is 0 Å². The number of halogens is 3. The number of rotatable bonds is 2. The highest BCUT2D eigenvalue weighted by Gasteiger charge is 2.14. The minimum atomic E-state index is -3.61. The molecule has 0 amide bonds. The van der Waals surface area contributed by atoms with Crippen molar-refractivity contribution in [3.05, 3.63) is 0 Å². The summed E-state index contributed by atoms with van der Waals surface area (Å²) in [4.78, 5) is 0. The Morgan fingerprint density at radius 2 is 1.75 bits per heavy atom. The molecule has 0 rings (SSSR count). The molecule has 0 radical (unpaired) electrons. The molecule has 0 aliphatic carbocycles. The Morgan fingerprint density at radius 1 is 1.38 bits per heavy atom. The molecule has 0 heterocycles. The van der Waals surface area contributed by atoms with E-state index in [9.17, 15) is 8.42 Å². The maximum Gasteiger partial charge on any atom is 0.255 e. The molecule has 3 nitrogen and oxygen atoms in total. The maximum absolute atomic E-state index is 10.2.